The largest absolute Gasteiger partial charge is 0.393 e. The summed E-state index contributed by atoms with van der Waals surface area (Å²) in [7, 11) is 3.46. The first-order chi connectivity index (χ1) is 6.94. The number of ether oxygens (including phenoxy) is 1. The van der Waals surface area contributed by atoms with Crippen LogP contribution >= 0.6 is 0 Å². The Bertz CT molecular complexity index is 309. The van der Waals surface area contributed by atoms with Crippen LogP contribution in [-0.2, 0) is 18.2 Å². The summed E-state index contributed by atoms with van der Waals surface area (Å²) in [6, 6.07) is 0. The summed E-state index contributed by atoms with van der Waals surface area (Å²) >= 11 is 0. The molecule has 5 nitrogen and oxygen atoms in total. The van der Waals surface area contributed by atoms with Gasteiger partial charge in [0.2, 0.25) is 0 Å². The summed E-state index contributed by atoms with van der Waals surface area (Å²) in [5.74, 6) is 0.786. The van der Waals surface area contributed by atoms with Gasteiger partial charge in [-0.2, -0.15) is 5.10 Å². The Kier molecular flexibility index (Phi) is 3.82. The lowest BCUT2D eigenvalue weighted by molar-refractivity contribution is -0.0196. The number of hydrogen-bond donors (Lipinski definition) is 1. The monoisotopic (exact) mass is 213 g/mol. The van der Waals surface area contributed by atoms with E-state index in [0.717, 1.165) is 5.82 Å². The average molecular weight is 213 g/mol. The Morgan fingerprint density at radius 1 is 1.60 bits per heavy atom. The molecule has 0 saturated heterocycles. The fraction of sp³-hybridized carbons (Fsp3) is 0.800. The summed E-state index contributed by atoms with van der Waals surface area (Å²) in [4.78, 5) is 4.06. The van der Waals surface area contributed by atoms with E-state index >= 15 is 0 Å². The molecule has 0 aliphatic rings. The molecule has 0 saturated carbocycles. The standard InChI is InChI=1S/C10H19N3O2/c1-10(2,15-4)6-8(14)5-9-11-7-12-13(9)3/h7-8,14H,5-6H2,1-4H3. The average Bonchev–Trinajstić information content (AvgIpc) is 2.51. The number of methoxy groups -OCH3 is 1. The molecule has 1 heterocycles. The molecule has 1 unspecified atom stereocenters. The van der Waals surface area contributed by atoms with Crippen molar-refractivity contribution in [2.75, 3.05) is 7.11 Å². The van der Waals surface area contributed by atoms with Gasteiger partial charge >= 0.3 is 0 Å². The highest BCUT2D eigenvalue weighted by Crippen LogP contribution is 2.17. The Morgan fingerprint density at radius 3 is 2.73 bits per heavy atom. The van der Waals surface area contributed by atoms with Crippen LogP contribution in [0.15, 0.2) is 6.33 Å². The smallest absolute Gasteiger partial charge is 0.138 e. The predicted molar refractivity (Wildman–Crippen MR) is 56.4 cm³/mol. The van der Waals surface area contributed by atoms with E-state index in [4.69, 9.17) is 4.74 Å². The second-order valence-electron chi connectivity index (χ2n) is 4.33. The molecule has 1 aromatic rings. The molecule has 0 amide bonds. The number of aliphatic hydroxyl groups excluding tert-OH is 1. The van der Waals surface area contributed by atoms with Crippen LogP contribution in [0.2, 0.25) is 0 Å². The molecule has 0 spiro atoms. The van der Waals surface area contributed by atoms with E-state index in [9.17, 15) is 5.11 Å². The third-order valence-electron chi connectivity index (χ3n) is 2.50. The number of hydrogen-bond acceptors (Lipinski definition) is 4. The molecule has 15 heavy (non-hydrogen) atoms. The van der Waals surface area contributed by atoms with Gasteiger partial charge in [0.15, 0.2) is 0 Å². The zero-order chi connectivity index (χ0) is 11.5. The molecule has 1 aromatic heterocycles. The van der Waals surface area contributed by atoms with Crippen LogP contribution in [0.4, 0.5) is 0 Å². The van der Waals surface area contributed by atoms with Crippen LogP contribution < -0.4 is 0 Å². The second-order valence-corrected chi connectivity index (χ2v) is 4.33. The van der Waals surface area contributed by atoms with Crippen molar-refractivity contribution in [1.29, 1.82) is 0 Å². The third-order valence-corrected chi connectivity index (χ3v) is 2.50. The lowest BCUT2D eigenvalue weighted by Crippen LogP contribution is -2.30. The van der Waals surface area contributed by atoms with Crippen LogP contribution in [0.3, 0.4) is 0 Å². The first-order valence-electron chi connectivity index (χ1n) is 5.00. The summed E-state index contributed by atoms with van der Waals surface area (Å²) in [5, 5.41) is 13.8. The van der Waals surface area contributed by atoms with E-state index in [-0.39, 0.29) is 5.60 Å². The van der Waals surface area contributed by atoms with E-state index in [2.05, 4.69) is 10.1 Å². The van der Waals surface area contributed by atoms with Gasteiger partial charge < -0.3 is 9.84 Å². The van der Waals surface area contributed by atoms with Crippen molar-refractivity contribution < 1.29 is 9.84 Å². The Morgan fingerprint density at radius 2 is 2.27 bits per heavy atom. The molecule has 0 bridgehead atoms. The molecule has 0 fully saturated rings. The number of nitrogens with zero attached hydrogens (tertiary/aromatic N) is 3. The van der Waals surface area contributed by atoms with Crippen molar-refractivity contribution in [1.82, 2.24) is 14.8 Å². The zero-order valence-corrected chi connectivity index (χ0v) is 9.77. The van der Waals surface area contributed by atoms with Crippen molar-refractivity contribution in [3.8, 4) is 0 Å². The Balaban J connectivity index is 2.50. The first-order valence-corrected chi connectivity index (χ1v) is 5.00. The molecule has 86 valence electrons. The topological polar surface area (TPSA) is 60.2 Å². The molecule has 0 aromatic carbocycles. The van der Waals surface area contributed by atoms with E-state index in [1.54, 1.807) is 11.8 Å². The summed E-state index contributed by atoms with van der Waals surface area (Å²) < 4.78 is 6.92. The number of aliphatic hydroxyl groups is 1. The van der Waals surface area contributed by atoms with E-state index in [0.29, 0.717) is 12.8 Å². The molecule has 0 radical (unpaired) electrons. The van der Waals surface area contributed by atoms with Crippen LogP contribution in [0, 0.1) is 0 Å². The highest BCUT2D eigenvalue weighted by molar-refractivity contribution is 4.88. The van der Waals surface area contributed by atoms with Gasteiger partial charge in [-0.1, -0.05) is 0 Å². The third kappa shape index (κ3) is 3.60. The zero-order valence-electron chi connectivity index (χ0n) is 9.77. The molecule has 0 aliphatic carbocycles. The summed E-state index contributed by atoms with van der Waals surface area (Å²) in [6.45, 7) is 3.90. The Labute approximate surface area is 90.1 Å². The summed E-state index contributed by atoms with van der Waals surface area (Å²) in [6.07, 6.45) is 2.12. The number of aromatic nitrogens is 3. The number of rotatable bonds is 5. The van der Waals surface area contributed by atoms with E-state index < -0.39 is 6.10 Å². The van der Waals surface area contributed by atoms with Gasteiger partial charge in [-0.15, -0.1) is 0 Å². The predicted octanol–water partition coefficient (Wildman–Crippen LogP) is 0.534. The first kappa shape index (κ1) is 12.1. The van der Waals surface area contributed by atoms with Gasteiger partial charge in [0.25, 0.3) is 0 Å². The molecule has 1 N–H and O–H groups in total. The summed E-state index contributed by atoms with van der Waals surface area (Å²) in [5.41, 5.74) is -0.308. The van der Waals surface area contributed by atoms with Crippen molar-refractivity contribution in [3.63, 3.8) is 0 Å². The maximum absolute atomic E-state index is 9.85. The fourth-order valence-electron chi connectivity index (χ4n) is 1.44. The maximum Gasteiger partial charge on any atom is 0.138 e. The SMILES string of the molecule is COC(C)(C)CC(O)Cc1ncnn1C. The van der Waals surface area contributed by atoms with Gasteiger partial charge in [0.05, 0.1) is 11.7 Å². The molecule has 1 rings (SSSR count). The van der Waals surface area contributed by atoms with Crippen LogP contribution in [0.1, 0.15) is 26.1 Å². The highest BCUT2D eigenvalue weighted by Gasteiger charge is 2.22. The maximum atomic E-state index is 9.85. The second kappa shape index (κ2) is 4.72. The minimum Gasteiger partial charge on any atom is -0.393 e. The Hall–Kier alpha value is -0.940. The molecular weight excluding hydrogens is 194 g/mol. The number of aryl methyl sites for hydroxylation is 1. The van der Waals surface area contributed by atoms with Crippen LogP contribution in [0.25, 0.3) is 0 Å². The molecule has 5 heteroatoms. The lowest BCUT2D eigenvalue weighted by atomic mass is 9.99. The van der Waals surface area contributed by atoms with Gasteiger partial charge in [-0.3, -0.25) is 4.68 Å². The molecule has 1 atom stereocenters. The molecule has 0 aliphatic heterocycles. The van der Waals surface area contributed by atoms with E-state index in [1.165, 1.54) is 6.33 Å². The minimum atomic E-state index is -0.456. The fourth-order valence-corrected chi connectivity index (χ4v) is 1.44. The normalized spacial score (nSPS) is 14.2. The van der Waals surface area contributed by atoms with E-state index in [1.807, 2.05) is 20.9 Å². The van der Waals surface area contributed by atoms with Crippen molar-refractivity contribution in [3.05, 3.63) is 12.2 Å². The van der Waals surface area contributed by atoms with Gasteiger partial charge in [-0.25, -0.2) is 4.98 Å². The quantitative estimate of drug-likeness (QED) is 0.775. The van der Waals surface area contributed by atoms with Gasteiger partial charge in [0, 0.05) is 27.0 Å². The lowest BCUT2D eigenvalue weighted by Gasteiger charge is -2.25. The van der Waals surface area contributed by atoms with Gasteiger partial charge in [0.1, 0.15) is 12.2 Å². The van der Waals surface area contributed by atoms with Crippen molar-refractivity contribution in [2.45, 2.75) is 38.4 Å². The molecular formula is C10H19N3O2. The van der Waals surface area contributed by atoms with Crippen LogP contribution in [0.5, 0.6) is 0 Å². The van der Waals surface area contributed by atoms with Crippen molar-refractivity contribution >= 4 is 0 Å². The highest BCUT2D eigenvalue weighted by atomic mass is 16.5. The minimum absolute atomic E-state index is 0.308. The van der Waals surface area contributed by atoms with Crippen LogP contribution in [-0.4, -0.2) is 38.7 Å². The van der Waals surface area contributed by atoms with Crippen molar-refractivity contribution in [2.24, 2.45) is 7.05 Å². The van der Waals surface area contributed by atoms with Gasteiger partial charge in [-0.05, 0) is 13.8 Å².